The van der Waals surface area contributed by atoms with E-state index in [-0.39, 0.29) is 12.6 Å². The molecule has 9 heteroatoms. The van der Waals surface area contributed by atoms with Crippen molar-refractivity contribution in [2.45, 2.75) is 20.0 Å². The SMILES string of the molecule is Cc1noc(CNC(=O)N2CCN(Cc3cn4ccccc4n3)CC2)n1. The predicted molar refractivity (Wildman–Crippen MR) is 93.3 cm³/mol. The average molecular weight is 355 g/mol. The number of urea groups is 1. The first-order valence-corrected chi connectivity index (χ1v) is 8.64. The Morgan fingerprint density at radius 1 is 1.23 bits per heavy atom. The van der Waals surface area contributed by atoms with Gasteiger partial charge in [-0.15, -0.1) is 0 Å². The van der Waals surface area contributed by atoms with Crippen LogP contribution in [0.1, 0.15) is 17.4 Å². The summed E-state index contributed by atoms with van der Waals surface area (Å²) < 4.78 is 7.02. The molecule has 136 valence electrons. The number of amides is 2. The number of hydrogen-bond donors (Lipinski definition) is 1. The highest BCUT2D eigenvalue weighted by Crippen LogP contribution is 2.10. The van der Waals surface area contributed by atoms with Crippen LogP contribution >= 0.6 is 0 Å². The molecule has 26 heavy (non-hydrogen) atoms. The third-order valence-corrected chi connectivity index (χ3v) is 4.42. The van der Waals surface area contributed by atoms with Gasteiger partial charge in [0, 0.05) is 45.1 Å². The minimum atomic E-state index is -0.103. The standard InChI is InChI=1S/C17H21N7O2/c1-13-19-16(26-21-13)10-18-17(25)23-8-6-22(7-9-23)11-14-12-24-5-3-2-4-15(24)20-14/h2-5,12H,6-11H2,1H3,(H,18,25). The molecule has 0 bridgehead atoms. The molecule has 2 amide bonds. The normalized spacial score (nSPS) is 15.5. The Balaban J connectivity index is 1.26. The monoisotopic (exact) mass is 355 g/mol. The van der Waals surface area contributed by atoms with Crippen molar-refractivity contribution in [2.75, 3.05) is 26.2 Å². The van der Waals surface area contributed by atoms with Crippen LogP contribution < -0.4 is 5.32 Å². The van der Waals surface area contributed by atoms with Crippen LogP contribution in [0.2, 0.25) is 0 Å². The van der Waals surface area contributed by atoms with E-state index >= 15 is 0 Å². The van der Waals surface area contributed by atoms with Crippen molar-refractivity contribution in [1.82, 2.24) is 34.6 Å². The zero-order valence-corrected chi connectivity index (χ0v) is 14.6. The molecule has 0 aliphatic carbocycles. The molecule has 4 heterocycles. The maximum absolute atomic E-state index is 12.3. The number of fused-ring (bicyclic) bond motifs is 1. The highest BCUT2D eigenvalue weighted by Gasteiger charge is 2.22. The summed E-state index contributed by atoms with van der Waals surface area (Å²) >= 11 is 0. The number of imidazole rings is 1. The van der Waals surface area contributed by atoms with Gasteiger partial charge in [0.1, 0.15) is 5.65 Å². The lowest BCUT2D eigenvalue weighted by Crippen LogP contribution is -2.51. The molecule has 1 aliphatic rings. The van der Waals surface area contributed by atoms with E-state index in [1.54, 1.807) is 6.92 Å². The zero-order chi connectivity index (χ0) is 17.9. The number of hydrogen-bond acceptors (Lipinski definition) is 6. The minimum absolute atomic E-state index is 0.103. The number of aromatic nitrogens is 4. The van der Waals surface area contributed by atoms with E-state index < -0.39 is 0 Å². The Labute approximate surface area is 150 Å². The van der Waals surface area contributed by atoms with Gasteiger partial charge in [-0.3, -0.25) is 4.90 Å². The number of nitrogens with one attached hydrogen (secondary N) is 1. The zero-order valence-electron chi connectivity index (χ0n) is 14.6. The van der Waals surface area contributed by atoms with Crippen LogP contribution in [0.25, 0.3) is 5.65 Å². The number of piperazine rings is 1. The Bertz CT molecular complexity index is 862. The number of rotatable bonds is 4. The van der Waals surface area contributed by atoms with Crippen molar-refractivity contribution in [3.05, 3.63) is 48.0 Å². The van der Waals surface area contributed by atoms with Gasteiger partial charge < -0.3 is 19.1 Å². The molecular formula is C17H21N7O2. The summed E-state index contributed by atoms with van der Waals surface area (Å²) in [7, 11) is 0. The van der Waals surface area contributed by atoms with E-state index in [2.05, 4.69) is 31.5 Å². The van der Waals surface area contributed by atoms with Crippen LogP contribution in [0, 0.1) is 6.92 Å². The molecular weight excluding hydrogens is 334 g/mol. The highest BCUT2D eigenvalue weighted by molar-refractivity contribution is 5.74. The second-order valence-electron chi connectivity index (χ2n) is 6.36. The number of carbonyl (C=O) groups is 1. The largest absolute Gasteiger partial charge is 0.337 e. The van der Waals surface area contributed by atoms with Crippen LogP contribution in [-0.4, -0.2) is 61.5 Å². The van der Waals surface area contributed by atoms with E-state index in [0.29, 0.717) is 24.8 Å². The fourth-order valence-electron chi connectivity index (χ4n) is 3.08. The molecule has 3 aromatic rings. The van der Waals surface area contributed by atoms with E-state index in [0.717, 1.165) is 31.0 Å². The highest BCUT2D eigenvalue weighted by atomic mass is 16.5. The van der Waals surface area contributed by atoms with Gasteiger partial charge >= 0.3 is 6.03 Å². The molecule has 0 atom stereocenters. The van der Waals surface area contributed by atoms with Gasteiger partial charge in [-0.2, -0.15) is 4.98 Å². The van der Waals surface area contributed by atoms with Crippen molar-refractivity contribution in [2.24, 2.45) is 0 Å². The fourth-order valence-corrected chi connectivity index (χ4v) is 3.08. The van der Waals surface area contributed by atoms with E-state index in [4.69, 9.17) is 4.52 Å². The summed E-state index contributed by atoms with van der Waals surface area (Å²) in [5, 5.41) is 6.53. The van der Waals surface area contributed by atoms with Gasteiger partial charge in [-0.1, -0.05) is 11.2 Å². The third-order valence-electron chi connectivity index (χ3n) is 4.42. The predicted octanol–water partition coefficient (Wildman–Crippen LogP) is 1.05. The molecule has 1 fully saturated rings. The van der Waals surface area contributed by atoms with Gasteiger partial charge in [0.15, 0.2) is 5.82 Å². The average Bonchev–Trinajstić information content (AvgIpc) is 3.25. The molecule has 4 rings (SSSR count). The molecule has 0 unspecified atom stereocenters. The third kappa shape index (κ3) is 3.67. The van der Waals surface area contributed by atoms with Crippen molar-refractivity contribution >= 4 is 11.7 Å². The molecule has 0 radical (unpaired) electrons. The summed E-state index contributed by atoms with van der Waals surface area (Å²) in [4.78, 5) is 25.1. The summed E-state index contributed by atoms with van der Waals surface area (Å²) in [6.45, 7) is 5.79. The number of pyridine rings is 1. The van der Waals surface area contributed by atoms with Crippen LogP contribution in [0.5, 0.6) is 0 Å². The molecule has 1 N–H and O–H groups in total. The lowest BCUT2D eigenvalue weighted by atomic mass is 10.3. The quantitative estimate of drug-likeness (QED) is 0.752. The second-order valence-corrected chi connectivity index (χ2v) is 6.36. The molecule has 1 saturated heterocycles. The Morgan fingerprint density at radius 3 is 2.81 bits per heavy atom. The van der Waals surface area contributed by atoms with Gasteiger partial charge in [0.05, 0.1) is 12.2 Å². The molecule has 0 aromatic carbocycles. The van der Waals surface area contributed by atoms with Crippen molar-refractivity contribution < 1.29 is 9.32 Å². The maximum Gasteiger partial charge on any atom is 0.317 e. The second kappa shape index (κ2) is 7.12. The first-order chi connectivity index (χ1) is 12.7. The summed E-state index contributed by atoms with van der Waals surface area (Å²) in [5.41, 5.74) is 2.00. The van der Waals surface area contributed by atoms with Crippen LogP contribution in [-0.2, 0) is 13.1 Å². The van der Waals surface area contributed by atoms with Gasteiger partial charge in [0.2, 0.25) is 5.89 Å². The molecule has 1 aliphatic heterocycles. The lowest BCUT2D eigenvalue weighted by Gasteiger charge is -2.34. The number of nitrogens with zero attached hydrogens (tertiary/aromatic N) is 6. The number of aryl methyl sites for hydroxylation is 1. The molecule has 0 saturated carbocycles. The van der Waals surface area contributed by atoms with Crippen LogP contribution in [0.3, 0.4) is 0 Å². The van der Waals surface area contributed by atoms with Crippen LogP contribution in [0.15, 0.2) is 35.1 Å². The lowest BCUT2D eigenvalue weighted by molar-refractivity contribution is 0.133. The van der Waals surface area contributed by atoms with Crippen LogP contribution in [0.4, 0.5) is 4.79 Å². The summed E-state index contributed by atoms with van der Waals surface area (Å²) in [5.74, 6) is 0.983. The maximum atomic E-state index is 12.3. The van der Waals surface area contributed by atoms with Crippen molar-refractivity contribution in [3.8, 4) is 0 Å². The Kier molecular flexibility index (Phi) is 4.53. The minimum Gasteiger partial charge on any atom is -0.337 e. The van der Waals surface area contributed by atoms with Gasteiger partial charge in [-0.05, 0) is 19.1 Å². The van der Waals surface area contributed by atoms with Gasteiger partial charge in [0.25, 0.3) is 0 Å². The van der Waals surface area contributed by atoms with Crippen molar-refractivity contribution in [3.63, 3.8) is 0 Å². The van der Waals surface area contributed by atoms with Gasteiger partial charge in [-0.25, -0.2) is 9.78 Å². The van der Waals surface area contributed by atoms with E-state index in [1.165, 1.54) is 0 Å². The molecule has 0 spiro atoms. The first kappa shape index (κ1) is 16.5. The number of carbonyl (C=O) groups excluding carboxylic acids is 1. The fraction of sp³-hybridized carbons (Fsp3) is 0.412. The molecule has 3 aromatic heterocycles. The Morgan fingerprint density at radius 2 is 2.08 bits per heavy atom. The topological polar surface area (TPSA) is 91.8 Å². The smallest absolute Gasteiger partial charge is 0.317 e. The summed E-state index contributed by atoms with van der Waals surface area (Å²) in [6.07, 6.45) is 4.06. The van der Waals surface area contributed by atoms with E-state index in [9.17, 15) is 4.79 Å². The molecule has 9 nitrogen and oxygen atoms in total. The van der Waals surface area contributed by atoms with E-state index in [1.807, 2.05) is 33.7 Å². The first-order valence-electron chi connectivity index (χ1n) is 8.64. The summed E-state index contributed by atoms with van der Waals surface area (Å²) in [6, 6.07) is 5.87. The van der Waals surface area contributed by atoms with Crippen molar-refractivity contribution in [1.29, 1.82) is 0 Å². The Hall–Kier alpha value is -2.94.